The summed E-state index contributed by atoms with van der Waals surface area (Å²) in [5, 5.41) is 10.2. The number of carbonyl (C=O) groups is 2. The highest BCUT2D eigenvalue weighted by Gasteiger charge is 2.44. The summed E-state index contributed by atoms with van der Waals surface area (Å²) in [6.07, 6.45) is 0.798. The molecule has 7 heteroatoms. The van der Waals surface area contributed by atoms with Gasteiger partial charge in [0.05, 0.1) is 14.2 Å². The number of benzene rings is 3. The monoisotopic (exact) mass is 473 g/mol. The molecular weight excluding hydrogens is 446 g/mol. The molecule has 1 fully saturated rings. The Morgan fingerprint density at radius 1 is 0.943 bits per heavy atom. The minimum Gasteiger partial charge on any atom is -0.497 e. The Bertz CT molecular complexity index is 1220. The van der Waals surface area contributed by atoms with Crippen LogP contribution in [0.15, 0.2) is 66.7 Å². The molecule has 0 heterocycles. The zero-order valence-electron chi connectivity index (χ0n) is 19.6. The summed E-state index contributed by atoms with van der Waals surface area (Å²) in [6, 6.07) is 19.7. The van der Waals surface area contributed by atoms with Crippen molar-refractivity contribution in [3.8, 4) is 22.6 Å². The van der Waals surface area contributed by atoms with E-state index in [0.29, 0.717) is 17.1 Å². The lowest BCUT2D eigenvalue weighted by atomic mass is 9.98. The number of carboxylic acid groups (broad SMARTS) is 1. The van der Waals surface area contributed by atoms with E-state index in [1.54, 1.807) is 18.2 Å². The van der Waals surface area contributed by atoms with Crippen LogP contribution in [0.2, 0.25) is 0 Å². The molecule has 180 valence electrons. The highest BCUT2D eigenvalue weighted by molar-refractivity contribution is 5.83. The number of hydrogen-bond acceptors (Lipinski definition) is 5. The molecule has 0 radical (unpaired) electrons. The number of carboxylic acids is 1. The third-order valence-electron chi connectivity index (χ3n) is 6.73. The lowest BCUT2D eigenvalue weighted by Crippen LogP contribution is -2.41. The molecule has 7 nitrogen and oxygen atoms in total. The van der Waals surface area contributed by atoms with E-state index in [2.05, 4.69) is 12.1 Å². The van der Waals surface area contributed by atoms with E-state index in [1.807, 2.05) is 36.4 Å². The fourth-order valence-electron chi connectivity index (χ4n) is 4.94. The molecular formula is C28H27NO6. The number of rotatable bonds is 8. The number of nitrogens with zero attached hydrogens (tertiary/aromatic N) is 1. The fraction of sp³-hybridized carbons (Fsp3) is 0.286. The van der Waals surface area contributed by atoms with Gasteiger partial charge in [0.25, 0.3) is 0 Å². The SMILES string of the molecule is COc1ccc(OC)c(C(C(=O)O)N(C(=O)OCC2c3ccccc3-c3ccccc32)C2CC2)c1. The number of hydrogen-bond donors (Lipinski definition) is 1. The van der Waals surface area contributed by atoms with Crippen LogP contribution in [0.4, 0.5) is 4.79 Å². The van der Waals surface area contributed by atoms with Crippen LogP contribution in [-0.4, -0.2) is 48.9 Å². The number of aliphatic carboxylic acids is 1. The van der Waals surface area contributed by atoms with Crippen molar-refractivity contribution in [3.05, 3.63) is 83.4 Å². The Hall–Kier alpha value is -4.00. The minimum atomic E-state index is -1.26. The smallest absolute Gasteiger partial charge is 0.411 e. The maximum atomic E-state index is 13.4. The zero-order valence-corrected chi connectivity index (χ0v) is 19.6. The van der Waals surface area contributed by atoms with Gasteiger partial charge in [-0.25, -0.2) is 9.59 Å². The maximum absolute atomic E-state index is 13.4. The quantitative estimate of drug-likeness (QED) is 0.481. The topological polar surface area (TPSA) is 85.3 Å². The van der Waals surface area contributed by atoms with Gasteiger partial charge in [-0.05, 0) is 53.3 Å². The molecule has 1 unspecified atom stereocenters. The lowest BCUT2D eigenvalue weighted by Gasteiger charge is -2.30. The molecule has 0 bridgehead atoms. The number of ether oxygens (including phenoxy) is 3. The summed E-state index contributed by atoms with van der Waals surface area (Å²) < 4.78 is 16.6. The second-order valence-corrected chi connectivity index (χ2v) is 8.79. The largest absolute Gasteiger partial charge is 0.497 e. The first-order chi connectivity index (χ1) is 17.0. The van der Waals surface area contributed by atoms with Crippen molar-refractivity contribution in [1.29, 1.82) is 0 Å². The van der Waals surface area contributed by atoms with Crippen LogP contribution in [0.25, 0.3) is 11.1 Å². The average Bonchev–Trinajstić information content (AvgIpc) is 3.67. The highest BCUT2D eigenvalue weighted by atomic mass is 16.6. The Morgan fingerprint density at radius 3 is 2.11 bits per heavy atom. The second kappa shape index (κ2) is 9.33. The summed E-state index contributed by atoms with van der Waals surface area (Å²) in [5.41, 5.74) is 4.81. The van der Waals surface area contributed by atoms with Gasteiger partial charge >= 0.3 is 12.1 Å². The summed E-state index contributed by atoms with van der Waals surface area (Å²) in [7, 11) is 2.98. The van der Waals surface area contributed by atoms with E-state index in [9.17, 15) is 14.7 Å². The molecule has 1 saturated carbocycles. The van der Waals surface area contributed by atoms with E-state index in [0.717, 1.165) is 35.1 Å². The fourth-order valence-corrected chi connectivity index (χ4v) is 4.94. The second-order valence-electron chi connectivity index (χ2n) is 8.79. The Morgan fingerprint density at radius 2 is 1.57 bits per heavy atom. The molecule has 3 aromatic carbocycles. The Labute approximate surface area is 203 Å². The standard InChI is InChI=1S/C28H27NO6/c1-33-18-13-14-25(34-2)23(15-18)26(27(30)31)29(17-11-12-17)28(32)35-16-24-21-9-5-3-7-19(21)20-8-4-6-10-22(20)24/h3-10,13-15,17,24,26H,11-12,16H2,1-2H3,(H,30,31). The summed E-state index contributed by atoms with van der Waals surface area (Å²) >= 11 is 0. The van der Waals surface area contributed by atoms with Crippen LogP contribution in [0.1, 0.15) is 41.5 Å². The number of carbonyl (C=O) groups excluding carboxylic acids is 1. The molecule has 3 aromatic rings. The molecule has 1 atom stereocenters. The molecule has 0 saturated heterocycles. The normalized spacial score (nSPS) is 15.0. The van der Waals surface area contributed by atoms with E-state index < -0.39 is 18.1 Å². The summed E-state index contributed by atoms with van der Waals surface area (Å²) in [5.74, 6) is -0.412. The lowest BCUT2D eigenvalue weighted by molar-refractivity contribution is -0.143. The predicted molar refractivity (Wildman–Crippen MR) is 130 cm³/mol. The Balaban J connectivity index is 1.44. The van der Waals surface area contributed by atoms with Crippen molar-refractivity contribution >= 4 is 12.1 Å². The molecule has 35 heavy (non-hydrogen) atoms. The number of fused-ring (bicyclic) bond motifs is 3. The average molecular weight is 474 g/mol. The summed E-state index contributed by atoms with van der Waals surface area (Å²) in [4.78, 5) is 27.3. The maximum Gasteiger partial charge on any atom is 0.411 e. The van der Waals surface area contributed by atoms with Crippen LogP contribution in [0.3, 0.4) is 0 Å². The van der Waals surface area contributed by atoms with Crippen molar-refractivity contribution in [2.24, 2.45) is 0 Å². The van der Waals surface area contributed by atoms with Crippen LogP contribution >= 0.6 is 0 Å². The molecule has 0 spiro atoms. The van der Waals surface area contributed by atoms with Crippen molar-refractivity contribution in [1.82, 2.24) is 4.90 Å². The van der Waals surface area contributed by atoms with E-state index in [1.165, 1.54) is 19.1 Å². The molecule has 0 aromatic heterocycles. The van der Waals surface area contributed by atoms with Crippen molar-refractivity contribution in [2.75, 3.05) is 20.8 Å². The van der Waals surface area contributed by atoms with Crippen molar-refractivity contribution < 1.29 is 28.9 Å². The highest BCUT2D eigenvalue weighted by Crippen LogP contribution is 2.45. The van der Waals surface area contributed by atoms with E-state index >= 15 is 0 Å². The van der Waals surface area contributed by atoms with Crippen LogP contribution in [0, 0.1) is 0 Å². The van der Waals surface area contributed by atoms with Crippen molar-refractivity contribution in [3.63, 3.8) is 0 Å². The molecule has 5 rings (SSSR count). The molecule has 1 N–H and O–H groups in total. The first kappa shape index (κ1) is 22.8. The predicted octanol–water partition coefficient (Wildman–Crippen LogP) is 5.24. The third kappa shape index (κ3) is 4.18. The van der Waals surface area contributed by atoms with Crippen molar-refractivity contribution in [2.45, 2.75) is 30.8 Å². The molecule has 2 aliphatic carbocycles. The molecule has 2 aliphatic rings. The van der Waals surface area contributed by atoms with Gasteiger partial charge in [-0.3, -0.25) is 4.90 Å². The molecule has 0 aliphatic heterocycles. The van der Waals surface area contributed by atoms with Gasteiger partial charge in [-0.15, -0.1) is 0 Å². The number of amides is 1. The van der Waals surface area contributed by atoms with Gasteiger partial charge in [0, 0.05) is 17.5 Å². The molecule has 1 amide bonds. The third-order valence-corrected chi connectivity index (χ3v) is 6.73. The van der Waals surface area contributed by atoms with Crippen LogP contribution < -0.4 is 9.47 Å². The Kier molecular flexibility index (Phi) is 6.07. The van der Waals surface area contributed by atoms with Gasteiger partial charge in [0.1, 0.15) is 18.1 Å². The van der Waals surface area contributed by atoms with Gasteiger partial charge in [0.15, 0.2) is 6.04 Å². The minimum absolute atomic E-state index is 0.109. The van der Waals surface area contributed by atoms with Crippen LogP contribution in [-0.2, 0) is 9.53 Å². The van der Waals surface area contributed by atoms with E-state index in [4.69, 9.17) is 14.2 Å². The van der Waals surface area contributed by atoms with Crippen LogP contribution in [0.5, 0.6) is 11.5 Å². The first-order valence-corrected chi connectivity index (χ1v) is 11.6. The van der Waals surface area contributed by atoms with Gasteiger partial charge in [0.2, 0.25) is 0 Å². The van der Waals surface area contributed by atoms with Gasteiger partial charge in [-0.1, -0.05) is 48.5 Å². The number of methoxy groups -OCH3 is 2. The summed E-state index contributed by atoms with van der Waals surface area (Å²) in [6.45, 7) is 0.123. The first-order valence-electron chi connectivity index (χ1n) is 11.6. The van der Waals surface area contributed by atoms with E-state index in [-0.39, 0.29) is 18.6 Å². The van der Waals surface area contributed by atoms with Gasteiger partial charge in [-0.2, -0.15) is 0 Å². The van der Waals surface area contributed by atoms with Gasteiger partial charge < -0.3 is 19.3 Å². The zero-order chi connectivity index (χ0) is 24.5.